The Labute approximate surface area is 353 Å². The fourth-order valence-electron chi connectivity index (χ4n) is 8.89. The van der Waals surface area contributed by atoms with Gasteiger partial charge in [-0.15, -0.1) is 0 Å². The van der Waals surface area contributed by atoms with Gasteiger partial charge in [-0.05, 0) is 98.1 Å². The molecule has 4 amide bonds. The van der Waals surface area contributed by atoms with Crippen molar-refractivity contribution in [3.8, 4) is 23.1 Å². The third-order valence-corrected chi connectivity index (χ3v) is 12.8. The number of carbonyl (C=O) groups is 4. The standard InChI is InChI=1S/C45H53FN8O7/c1-26(2)36(51-42(57)59-4)40(55)54-25-45(16-17-45)22-35(54)39-48-31-13-10-29(20-32(31)49-39)7-6-28-8-11-30(12-9-28)33-23-47-38(50-33)34-21-44(14-15-44)24-53(34)41(56)37(52-43(58)60-5)27(3)61-19-18-46/h8-13,20,23,26-27,34-37H,14-19,21-22,24-25H2,1-5H3,(H,47,50)(H,48,49)(H,51,57)(H,52,58)/t27-,34+,35+,36+,37+/m1/s1. The zero-order valence-electron chi connectivity index (χ0n) is 35.2. The van der Waals surface area contributed by atoms with Crippen molar-refractivity contribution in [1.29, 1.82) is 0 Å². The van der Waals surface area contributed by atoms with Crippen LogP contribution in [-0.2, 0) is 23.8 Å². The number of H-pyrrole nitrogens is 2. The second kappa shape index (κ2) is 16.8. The van der Waals surface area contributed by atoms with Crippen LogP contribution in [0.1, 0.15) is 94.2 Å². The number of fused-ring (bicyclic) bond motifs is 1. The van der Waals surface area contributed by atoms with Crippen molar-refractivity contribution in [2.24, 2.45) is 16.7 Å². The summed E-state index contributed by atoms with van der Waals surface area (Å²) >= 11 is 0. The van der Waals surface area contributed by atoms with Gasteiger partial charge in [0, 0.05) is 24.2 Å². The Bertz CT molecular complexity index is 2360. The zero-order valence-corrected chi connectivity index (χ0v) is 35.2. The quantitative estimate of drug-likeness (QED) is 0.126. The predicted molar refractivity (Wildman–Crippen MR) is 222 cm³/mol. The molecule has 8 rings (SSSR count). The van der Waals surface area contributed by atoms with E-state index in [1.807, 2.05) is 61.2 Å². The molecule has 2 saturated heterocycles. The molecule has 2 aliphatic heterocycles. The fraction of sp³-hybridized carbons (Fsp3) is 0.511. The van der Waals surface area contributed by atoms with Crippen molar-refractivity contribution >= 4 is 35.0 Å². The second-order valence-corrected chi connectivity index (χ2v) is 17.5. The number of likely N-dealkylation sites (tertiary alicyclic amines) is 2. The van der Waals surface area contributed by atoms with Crippen LogP contribution in [0.25, 0.3) is 22.3 Å². The molecule has 15 nitrogen and oxygen atoms in total. The normalized spacial score (nSPS) is 20.9. The molecule has 61 heavy (non-hydrogen) atoms. The molecule has 322 valence electrons. The minimum absolute atomic E-state index is 0.0106. The third-order valence-electron chi connectivity index (χ3n) is 12.8. The van der Waals surface area contributed by atoms with Gasteiger partial charge in [0.2, 0.25) is 11.8 Å². The molecule has 2 spiro atoms. The average Bonchev–Trinajstić information content (AvgIpc) is 3.87. The molecule has 4 fully saturated rings. The first kappa shape index (κ1) is 41.8. The van der Waals surface area contributed by atoms with Crippen LogP contribution in [0.3, 0.4) is 0 Å². The largest absolute Gasteiger partial charge is 0.453 e. The molecule has 2 saturated carbocycles. The van der Waals surface area contributed by atoms with Crippen LogP contribution in [0.2, 0.25) is 0 Å². The highest BCUT2D eigenvalue weighted by Gasteiger charge is 2.56. The van der Waals surface area contributed by atoms with Gasteiger partial charge in [0.15, 0.2) is 0 Å². The molecule has 0 unspecified atom stereocenters. The summed E-state index contributed by atoms with van der Waals surface area (Å²) < 4.78 is 28.0. The lowest BCUT2D eigenvalue weighted by molar-refractivity contribution is -0.138. The number of rotatable bonds is 12. The summed E-state index contributed by atoms with van der Waals surface area (Å²) in [6.45, 7) is 5.71. The van der Waals surface area contributed by atoms with E-state index < -0.39 is 37.0 Å². The SMILES string of the molecule is COC(=O)N[C@H](C(=O)N1CC2(CC2)C[C@H]1c1nc2ccc(C#Cc3ccc(-c4cnc([C@@H]5CC6(CC6)CN5C(=O)[C@@H](NC(=O)OC)[C@@H](C)OCCF)[nH]4)cc3)cc2[nH]1)C(C)C. The summed E-state index contributed by atoms with van der Waals surface area (Å²) in [7, 11) is 2.51. The molecule has 2 aliphatic carbocycles. The van der Waals surface area contributed by atoms with Crippen LogP contribution in [0.15, 0.2) is 48.7 Å². The van der Waals surface area contributed by atoms with Gasteiger partial charge in [0.25, 0.3) is 0 Å². The minimum atomic E-state index is -1.06. The van der Waals surface area contributed by atoms with Crippen molar-refractivity contribution < 1.29 is 37.8 Å². The van der Waals surface area contributed by atoms with E-state index in [9.17, 15) is 23.6 Å². The molecule has 5 atom stereocenters. The highest BCUT2D eigenvalue weighted by Crippen LogP contribution is 2.59. The summed E-state index contributed by atoms with van der Waals surface area (Å²) in [5.41, 5.74) is 5.04. The first-order chi connectivity index (χ1) is 29.3. The van der Waals surface area contributed by atoms with E-state index in [1.165, 1.54) is 14.2 Å². The fourth-order valence-corrected chi connectivity index (χ4v) is 8.89. The van der Waals surface area contributed by atoms with Crippen LogP contribution in [0.5, 0.6) is 0 Å². The molecule has 2 aromatic heterocycles. The minimum Gasteiger partial charge on any atom is -0.453 e. The summed E-state index contributed by atoms with van der Waals surface area (Å²) in [4.78, 5) is 72.4. The number of hydrogen-bond donors (Lipinski definition) is 4. The number of benzene rings is 2. The maximum absolute atomic E-state index is 14.0. The van der Waals surface area contributed by atoms with Crippen LogP contribution >= 0.6 is 0 Å². The number of imidazole rings is 2. The Morgan fingerprint density at radius 1 is 0.820 bits per heavy atom. The maximum Gasteiger partial charge on any atom is 0.407 e. The van der Waals surface area contributed by atoms with Crippen molar-refractivity contribution in [3.05, 3.63) is 71.4 Å². The highest BCUT2D eigenvalue weighted by atomic mass is 19.1. The van der Waals surface area contributed by atoms with E-state index in [1.54, 1.807) is 18.0 Å². The Kier molecular flexibility index (Phi) is 11.5. The molecule has 2 aromatic carbocycles. The number of carbonyl (C=O) groups excluding carboxylic acids is 4. The van der Waals surface area contributed by atoms with E-state index in [2.05, 4.69) is 32.4 Å². The molecule has 4 aliphatic rings. The lowest BCUT2D eigenvalue weighted by Crippen LogP contribution is -2.54. The predicted octanol–water partition coefficient (Wildman–Crippen LogP) is 5.94. The van der Waals surface area contributed by atoms with E-state index in [4.69, 9.17) is 24.2 Å². The number of methoxy groups -OCH3 is 2. The molecule has 4 N–H and O–H groups in total. The number of ether oxygens (including phenoxy) is 3. The number of hydrogen-bond acceptors (Lipinski definition) is 9. The molecule has 4 aromatic rings. The van der Waals surface area contributed by atoms with Gasteiger partial charge in [-0.25, -0.2) is 23.9 Å². The number of halogens is 1. The lowest BCUT2D eigenvalue weighted by Gasteiger charge is -2.31. The van der Waals surface area contributed by atoms with Gasteiger partial charge >= 0.3 is 12.2 Å². The summed E-state index contributed by atoms with van der Waals surface area (Å²) in [6.07, 6.45) is 5.28. The zero-order chi connectivity index (χ0) is 43.1. The molecule has 16 heteroatoms. The third kappa shape index (κ3) is 8.79. The van der Waals surface area contributed by atoms with Crippen LogP contribution in [0, 0.1) is 28.6 Å². The first-order valence-corrected chi connectivity index (χ1v) is 21.0. The number of aromatic amines is 2. The van der Waals surface area contributed by atoms with Gasteiger partial charge in [-0.3, -0.25) is 9.59 Å². The van der Waals surface area contributed by atoms with Crippen molar-refractivity contribution in [2.45, 2.75) is 89.6 Å². The molecule has 4 heterocycles. The van der Waals surface area contributed by atoms with E-state index >= 15 is 0 Å². The van der Waals surface area contributed by atoms with Crippen molar-refractivity contribution in [3.63, 3.8) is 0 Å². The Balaban J connectivity index is 0.955. The van der Waals surface area contributed by atoms with Gasteiger partial charge < -0.3 is 44.6 Å². The number of amides is 4. The molecule has 0 radical (unpaired) electrons. The average molecular weight is 837 g/mol. The number of alkyl carbamates (subject to hydrolysis) is 2. The van der Waals surface area contributed by atoms with E-state index in [0.29, 0.717) is 18.9 Å². The summed E-state index contributed by atoms with van der Waals surface area (Å²) in [5.74, 6) is 7.33. The Morgan fingerprint density at radius 2 is 1.39 bits per heavy atom. The van der Waals surface area contributed by atoms with Gasteiger partial charge in [0.05, 0.1) is 61.9 Å². The maximum atomic E-state index is 14.0. The smallest absolute Gasteiger partial charge is 0.407 e. The van der Waals surface area contributed by atoms with Crippen LogP contribution in [-0.4, -0.2) is 113 Å². The topological polar surface area (TPSA) is 184 Å². The van der Waals surface area contributed by atoms with Crippen molar-refractivity contribution in [2.75, 3.05) is 40.6 Å². The van der Waals surface area contributed by atoms with Gasteiger partial charge in [-0.2, -0.15) is 0 Å². The second-order valence-electron chi connectivity index (χ2n) is 17.5. The number of nitrogens with one attached hydrogen (secondary N) is 4. The first-order valence-electron chi connectivity index (χ1n) is 21.0. The number of alkyl halides is 1. The lowest BCUT2D eigenvalue weighted by atomic mass is 10.0. The summed E-state index contributed by atoms with van der Waals surface area (Å²) in [5, 5.41) is 5.33. The van der Waals surface area contributed by atoms with Gasteiger partial charge in [-0.1, -0.05) is 37.8 Å². The number of nitrogens with zero attached hydrogens (tertiary/aromatic N) is 4. The van der Waals surface area contributed by atoms with Crippen molar-refractivity contribution in [1.82, 2.24) is 40.4 Å². The summed E-state index contributed by atoms with van der Waals surface area (Å²) in [6, 6.07) is 11.3. The van der Waals surface area contributed by atoms with E-state index in [0.717, 1.165) is 77.8 Å². The molecular weight excluding hydrogens is 784 g/mol. The molecule has 0 bridgehead atoms. The number of aromatic nitrogens is 4. The Hall–Kier alpha value is -5.95. The Morgan fingerprint density at radius 3 is 1.98 bits per heavy atom. The highest BCUT2D eigenvalue weighted by molar-refractivity contribution is 5.88. The van der Waals surface area contributed by atoms with E-state index in [-0.39, 0.29) is 47.3 Å². The van der Waals surface area contributed by atoms with Crippen LogP contribution in [0.4, 0.5) is 14.0 Å². The monoisotopic (exact) mass is 836 g/mol. The molecular formula is C45H53FN8O7. The van der Waals surface area contributed by atoms with Crippen LogP contribution < -0.4 is 10.6 Å². The van der Waals surface area contributed by atoms with Gasteiger partial charge in [0.1, 0.15) is 30.4 Å².